The van der Waals surface area contributed by atoms with Crippen LogP contribution in [0.25, 0.3) is 22.2 Å². The van der Waals surface area contributed by atoms with Crippen molar-refractivity contribution in [2.24, 2.45) is 5.92 Å². The zero-order chi connectivity index (χ0) is 30.6. The number of fused-ring (bicyclic) bond motifs is 9. The minimum atomic E-state index is -4.03. The van der Waals surface area contributed by atoms with E-state index in [1.807, 2.05) is 23.1 Å². The highest BCUT2D eigenvalue weighted by Crippen LogP contribution is 2.47. The molecule has 4 aliphatic heterocycles. The Bertz CT molecular complexity index is 1720. The van der Waals surface area contributed by atoms with Gasteiger partial charge in [0.05, 0.1) is 18.7 Å². The van der Waals surface area contributed by atoms with Crippen molar-refractivity contribution in [3.63, 3.8) is 0 Å². The Morgan fingerprint density at radius 2 is 1.64 bits per heavy atom. The lowest BCUT2D eigenvalue weighted by atomic mass is 9.81. The van der Waals surface area contributed by atoms with Crippen molar-refractivity contribution in [2.75, 3.05) is 53.4 Å². The van der Waals surface area contributed by atoms with E-state index in [1.165, 1.54) is 36.2 Å². The summed E-state index contributed by atoms with van der Waals surface area (Å²) in [4.78, 5) is 31.9. The first-order valence-corrected chi connectivity index (χ1v) is 17.3. The number of hydrogen-bond acceptors (Lipinski definition) is 6. The first kappa shape index (κ1) is 29.3. The third-order valence-electron chi connectivity index (χ3n) is 10.2. The standard InChI is InChI=1S/C33H41N5O5S/c1-35-12-13-36-14-16-37(17-15-36)33(40)25-18-24-19-26(43-2)9-11-27(24)31-30(22-6-4-3-5-7-22)28-10-8-23(20-29(28)38(31)21-25)32(39)34-44(35,41)42/h8-11,19-20,22,25H,3-7,12-18,21H2,1-2H3,(H,34,39). The molecule has 10 nitrogen and oxygen atoms in total. The van der Waals surface area contributed by atoms with Crippen LogP contribution < -0.4 is 9.46 Å². The van der Waals surface area contributed by atoms with Gasteiger partial charge >= 0.3 is 10.2 Å². The molecule has 5 heterocycles. The van der Waals surface area contributed by atoms with Gasteiger partial charge in [-0.15, -0.1) is 0 Å². The topological polar surface area (TPSA) is 104 Å². The van der Waals surface area contributed by atoms with E-state index < -0.39 is 16.1 Å². The smallest absolute Gasteiger partial charge is 0.303 e. The first-order chi connectivity index (χ1) is 21.2. The molecule has 8 rings (SSSR count). The predicted molar refractivity (Wildman–Crippen MR) is 169 cm³/mol. The second-order valence-electron chi connectivity index (χ2n) is 12.8. The largest absolute Gasteiger partial charge is 0.497 e. The van der Waals surface area contributed by atoms with Gasteiger partial charge in [0.15, 0.2) is 0 Å². The lowest BCUT2D eigenvalue weighted by molar-refractivity contribution is -0.137. The van der Waals surface area contributed by atoms with Crippen LogP contribution in [0.2, 0.25) is 0 Å². The van der Waals surface area contributed by atoms with E-state index in [-0.39, 0.29) is 23.9 Å². The van der Waals surface area contributed by atoms with Crippen molar-refractivity contribution >= 4 is 32.9 Å². The fraction of sp³-hybridized carbons (Fsp3) is 0.515. The van der Waals surface area contributed by atoms with Crippen molar-refractivity contribution in [2.45, 2.75) is 51.0 Å². The highest BCUT2D eigenvalue weighted by Gasteiger charge is 2.36. The molecule has 0 radical (unpaired) electrons. The van der Waals surface area contributed by atoms with Gasteiger partial charge in [-0.05, 0) is 66.6 Å². The van der Waals surface area contributed by atoms with E-state index in [1.54, 1.807) is 13.2 Å². The number of carbonyl (C=O) groups excluding carboxylic acids is 2. The Balaban J connectivity index is 1.45. The van der Waals surface area contributed by atoms with Crippen LogP contribution in [0.15, 0.2) is 36.4 Å². The summed E-state index contributed by atoms with van der Waals surface area (Å²) in [5.41, 5.74) is 5.75. The summed E-state index contributed by atoms with van der Waals surface area (Å²) in [6.07, 6.45) is 6.36. The number of benzene rings is 2. The summed E-state index contributed by atoms with van der Waals surface area (Å²) in [6.45, 7) is 3.81. The molecule has 6 bridgehead atoms. The van der Waals surface area contributed by atoms with Crippen molar-refractivity contribution in [1.82, 2.24) is 23.4 Å². The lowest BCUT2D eigenvalue weighted by Gasteiger charge is -2.37. The van der Waals surface area contributed by atoms with Crippen molar-refractivity contribution in [3.05, 3.63) is 53.1 Å². The van der Waals surface area contributed by atoms with Crippen molar-refractivity contribution in [3.8, 4) is 17.0 Å². The molecular weight excluding hydrogens is 578 g/mol. The monoisotopic (exact) mass is 619 g/mol. The second kappa shape index (κ2) is 11.5. The van der Waals surface area contributed by atoms with Gasteiger partial charge in [0.1, 0.15) is 5.75 Å². The molecule has 1 saturated carbocycles. The van der Waals surface area contributed by atoms with Gasteiger partial charge in [0.25, 0.3) is 5.91 Å². The molecule has 1 atom stereocenters. The van der Waals surface area contributed by atoms with Gasteiger partial charge in [0.2, 0.25) is 5.91 Å². The quantitative estimate of drug-likeness (QED) is 0.470. The predicted octanol–water partition coefficient (Wildman–Crippen LogP) is 3.60. The third-order valence-corrected chi connectivity index (χ3v) is 11.7. The zero-order valence-corrected chi connectivity index (χ0v) is 26.4. The highest BCUT2D eigenvalue weighted by molar-refractivity contribution is 7.87. The molecule has 11 heteroatoms. The summed E-state index contributed by atoms with van der Waals surface area (Å²) >= 11 is 0. The second-order valence-corrected chi connectivity index (χ2v) is 14.6. The number of piperazine rings is 1. The van der Waals surface area contributed by atoms with Crippen LogP contribution in [-0.2, 0) is 28.0 Å². The Hall–Kier alpha value is -3.41. The lowest BCUT2D eigenvalue weighted by Crippen LogP contribution is -2.52. The summed E-state index contributed by atoms with van der Waals surface area (Å²) in [7, 11) is -0.870. The van der Waals surface area contributed by atoms with Gasteiger partial charge in [-0.25, -0.2) is 4.72 Å². The average molecular weight is 620 g/mol. The van der Waals surface area contributed by atoms with Gasteiger partial charge in [-0.2, -0.15) is 12.7 Å². The molecule has 1 aromatic heterocycles. The Kier molecular flexibility index (Phi) is 7.66. The molecule has 2 amide bonds. The fourth-order valence-electron chi connectivity index (χ4n) is 7.72. The number of aromatic nitrogens is 1. The van der Waals surface area contributed by atoms with E-state index in [0.717, 1.165) is 46.3 Å². The zero-order valence-electron chi connectivity index (χ0n) is 25.5. The van der Waals surface area contributed by atoms with Crippen molar-refractivity contribution < 1.29 is 22.7 Å². The van der Waals surface area contributed by atoms with Gasteiger partial charge in [-0.1, -0.05) is 25.3 Å². The van der Waals surface area contributed by atoms with E-state index in [9.17, 15) is 18.0 Å². The number of amides is 2. The summed E-state index contributed by atoms with van der Waals surface area (Å²) in [6, 6.07) is 11.7. The third kappa shape index (κ3) is 5.18. The van der Waals surface area contributed by atoms with Gasteiger partial charge in [-0.3, -0.25) is 14.5 Å². The normalized spacial score (nSPS) is 23.5. The molecule has 1 N–H and O–H groups in total. The van der Waals surface area contributed by atoms with E-state index in [0.29, 0.717) is 51.6 Å². The van der Waals surface area contributed by atoms with Crippen LogP contribution in [0.4, 0.5) is 0 Å². The fourth-order valence-corrected chi connectivity index (χ4v) is 8.55. The Morgan fingerprint density at radius 1 is 0.886 bits per heavy atom. The molecule has 234 valence electrons. The van der Waals surface area contributed by atoms with E-state index >= 15 is 0 Å². The Labute approximate surface area is 259 Å². The summed E-state index contributed by atoms with van der Waals surface area (Å²) < 4.78 is 37.7. The SMILES string of the molecule is COc1ccc2c(c1)CC1Cn3c-2c(C2CCCCC2)c2ccc(cc23)C(=O)NS(=O)(=O)N(C)CCN2CCN(CC2)C1=O. The molecule has 1 saturated heterocycles. The molecule has 44 heavy (non-hydrogen) atoms. The van der Waals surface area contributed by atoms with Crippen LogP contribution in [0.3, 0.4) is 0 Å². The van der Waals surface area contributed by atoms with E-state index in [2.05, 4.69) is 26.3 Å². The molecule has 2 fully saturated rings. The molecule has 2 aromatic carbocycles. The van der Waals surface area contributed by atoms with E-state index in [4.69, 9.17) is 4.74 Å². The summed E-state index contributed by atoms with van der Waals surface area (Å²) in [5.74, 6) is 0.334. The maximum atomic E-state index is 14.3. The van der Waals surface area contributed by atoms with Crippen LogP contribution in [0.1, 0.15) is 59.5 Å². The molecule has 5 aliphatic rings. The van der Waals surface area contributed by atoms with Crippen LogP contribution in [0.5, 0.6) is 5.75 Å². The average Bonchev–Trinajstić information content (AvgIpc) is 3.25. The van der Waals surface area contributed by atoms with Gasteiger partial charge in [0, 0.05) is 74.9 Å². The van der Waals surface area contributed by atoms with Gasteiger partial charge < -0.3 is 14.2 Å². The number of nitrogens with one attached hydrogen (secondary N) is 1. The molecular formula is C33H41N5O5S. The number of ether oxygens (including phenoxy) is 1. The van der Waals surface area contributed by atoms with Crippen molar-refractivity contribution in [1.29, 1.82) is 0 Å². The number of rotatable bonds is 2. The summed E-state index contributed by atoms with van der Waals surface area (Å²) in [5, 5.41) is 1.07. The number of nitrogens with zero attached hydrogens (tertiary/aromatic N) is 4. The Morgan fingerprint density at radius 3 is 2.39 bits per heavy atom. The van der Waals surface area contributed by atoms with Crippen LogP contribution in [0, 0.1) is 5.92 Å². The molecule has 1 unspecified atom stereocenters. The number of methoxy groups -OCH3 is 1. The number of carbonyl (C=O) groups is 2. The maximum Gasteiger partial charge on any atom is 0.303 e. The molecule has 1 aliphatic carbocycles. The van der Waals surface area contributed by atoms with Crippen LogP contribution in [-0.4, -0.2) is 92.3 Å². The molecule has 0 spiro atoms. The maximum absolute atomic E-state index is 14.3. The van der Waals surface area contributed by atoms with Crippen LogP contribution >= 0.6 is 0 Å². The number of hydrogen-bond donors (Lipinski definition) is 1. The first-order valence-electron chi connectivity index (χ1n) is 15.9. The molecule has 3 aromatic rings. The highest BCUT2D eigenvalue weighted by atomic mass is 32.2. The number of likely N-dealkylation sites (N-methyl/N-ethyl adjacent to an activating group) is 1. The minimum absolute atomic E-state index is 0.144. The minimum Gasteiger partial charge on any atom is -0.497 e.